The molecule has 98 valence electrons. The quantitative estimate of drug-likeness (QED) is 0.589. The lowest BCUT2D eigenvalue weighted by atomic mass is 10.2. The third-order valence-electron chi connectivity index (χ3n) is 2.20. The van der Waals surface area contributed by atoms with Crippen molar-refractivity contribution in [3.63, 3.8) is 0 Å². The van der Waals surface area contributed by atoms with E-state index in [-0.39, 0.29) is 27.3 Å². The Labute approximate surface area is 132 Å². The zero-order valence-corrected chi connectivity index (χ0v) is 12.9. The molecule has 0 aliphatic carbocycles. The van der Waals surface area contributed by atoms with Crippen molar-refractivity contribution in [2.24, 2.45) is 0 Å². The molecule has 0 saturated heterocycles. The summed E-state index contributed by atoms with van der Waals surface area (Å²) in [6, 6.07) is 4.65. The summed E-state index contributed by atoms with van der Waals surface area (Å²) in [5.74, 6) is -0.684. The van der Waals surface area contributed by atoms with Crippen LogP contribution in [0.3, 0.4) is 0 Å². The van der Waals surface area contributed by atoms with Crippen LogP contribution < -0.4 is 5.32 Å². The van der Waals surface area contributed by atoms with Crippen LogP contribution in [0.1, 0.15) is 10.4 Å². The minimum Gasteiger partial charge on any atom is -0.507 e. The van der Waals surface area contributed by atoms with Gasteiger partial charge in [0.15, 0.2) is 10.3 Å². The molecule has 0 aliphatic heterocycles. The summed E-state index contributed by atoms with van der Waals surface area (Å²) in [5.41, 5.74) is 0.219. The number of phenolic OH excluding ortho intramolecular Hbond substituents is 1. The lowest BCUT2D eigenvalue weighted by Gasteiger charge is -2.09. The third kappa shape index (κ3) is 3.26. The van der Waals surface area contributed by atoms with Gasteiger partial charge in [0, 0.05) is 3.57 Å². The van der Waals surface area contributed by atoms with E-state index >= 15 is 0 Å². The molecular weight excluding hydrogens is 404 g/mol. The van der Waals surface area contributed by atoms with Crippen LogP contribution in [0.4, 0.5) is 5.69 Å². The Balaban J connectivity index is 2.34. The van der Waals surface area contributed by atoms with Crippen molar-refractivity contribution in [1.82, 2.24) is 9.97 Å². The highest BCUT2D eigenvalue weighted by Crippen LogP contribution is 2.27. The molecule has 0 fully saturated rings. The Morgan fingerprint density at radius 3 is 2.53 bits per heavy atom. The molecule has 1 aromatic carbocycles. The van der Waals surface area contributed by atoms with Crippen LogP contribution in [0.5, 0.6) is 5.75 Å². The highest BCUT2D eigenvalue weighted by Gasteiger charge is 2.16. The van der Waals surface area contributed by atoms with Crippen molar-refractivity contribution in [3.05, 3.63) is 44.0 Å². The number of carbonyl (C=O) groups excluding carboxylic acids is 1. The van der Waals surface area contributed by atoms with E-state index in [1.54, 1.807) is 6.07 Å². The van der Waals surface area contributed by atoms with E-state index in [0.717, 1.165) is 3.57 Å². The molecule has 0 spiro atoms. The number of hydrogen-bond acceptors (Lipinski definition) is 4. The molecular formula is C11H6Cl2IN3O2. The van der Waals surface area contributed by atoms with E-state index in [4.69, 9.17) is 23.2 Å². The summed E-state index contributed by atoms with van der Waals surface area (Å²) in [6.45, 7) is 0. The van der Waals surface area contributed by atoms with E-state index in [2.05, 4.69) is 15.3 Å². The molecule has 5 nitrogen and oxygen atoms in total. The van der Waals surface area contributed by atoms with Gasteiger partial charge in [-0.2, -0.15) is 0 Å². The second-order valence-corrected chi connectivity index (χ2v) is 5.41. The predicted molar refractivity (Wildman–Crippen MR) is 80.8 cm³/mol. The summed E-state index contributed by atoms with van der Waals surface area (Å²) < 4.78 is 0.807. The van der Waals surface area contributed by atoms with Gasteiger partial charge in [-0.05, 0) is 40.8 Å². The highest BCUT2D eigenvalue weighted by atomic mass is 127. The summed E-state index contributed by atoms with van der Waals surface area (Å²) in [5, 5.41) is 12.2. The Morgan fingerprint density at radius 1 is 1.26 bits per heavy atom. The number of amides is 1. The number of nitrogens with one attached hydrogen (secondary N) is 1. The first kappa shape index (κ1) is 14.3. The first-order chi connectivity index (χ1) is 8.99. The van der Waals surface area contributed by atoms with Crippen molar-refractivity contribution in [1.29, 1.82) is 0 Å². The number of hydrogen-bond donors (Lipinski definition) is 2. The Kier molecular flexibility index (Phi) is 4.43. The molecule has 0 radical (unpaired) electrons. The van der Waals surface area contributed by atoms with Gasteiger partial charge in [-0.25, -0.2) is 9.97 Å². The van der Waals surface area contributed by atoms with Gasteiger partial charge < -0.3 is 10.4 Å². The molecule has 19 heavy (non-hydrogen) atoms. The number of aromatic hydroxyl groups is 1. The van der Waals surface area contributed by atoms with Crippen LogP contribution in [-0.4, -0.2) is 21.0 Å². The highest BCUT2D eigenvalue weighted by molar-refractivity contribution is 14.1. The summed E-state index contributed by atoms with van der Waals surface area (Å²) >= 11 is 13.7. The van der Waals surface area contributed by atoms with Crippen LogP contribution in [0.15, 0.2) is 24.5 Å². The minimum atomic E-state index is -0.547. The molecule has 2 aromatic rings. The fraction of sp³-hybridized carbons (Fsp3) is 0. The lowest BCUT2D eigenvalue weighted by molar-refractivity contribution is 0.102. The normalized spacial score (nSPS) is 10.3. The van der Waals surface area contributed by atoms with Crippen LogP contribution in [0, 0.1) is 3.57 Å². The van der Waals surface area contributed by atoms with Crippen LogP contribution >= 0.6 is 45.8 Å². The van der Waals surface area contributed by atoms with Gasteiger partial charge in [-0.1, -0.05) is 23.2 Å². The van der Waals surface area contributed by atoms with Gasteiger partial charge in [0.05, 0.1) is 5.56 Å². The molecule has 1 amide bonds. The van der Waals surface area contributed by atoms with Crippen molar-refractivity contribution in [2.45, 2.75) is 0 Å². The standard InChI is InChI=1S/C11H6Cl2IN3O2/c12-9-8(10(13)16-4-15-9)17-11(19)6-3-5(14)1-2-7(6)18/h1-4,18H,(H,17,19). The average Bonchev–Trinajstić information content (AvgIpc) is 2.37. The van der Waals surface area contributed by atoms with E-state index in [0.29, 0.717) is 0 Å². The Bertz CT molecular complexity index is 632. The molecule has 0 unspecified atom stereocenters. The second kappa shape index (κ2) is 5.89. The molecule has 1 aromatic heterocycles. The first-order valence-corrected chi connectivity index (χ1v) is 6.78. The fourth-order valence-electron chi connectivity index (χ4n) is 1.32. The number of aromatic nitrogens is 2. The zero-order chi connectivity index (χ0) is 14.0. The monoisotopic (exact) mass is 409 g/mol. The fourth-order valence-corrected chi connectivity index (χ4v) is 2.22. The SMILES string of the molecule is O=C(Nc1c(Cl)ncnc1Cl)c1cc(I)ccc1O. The maximum Gasteiger partial charge on any atom is 0.259 e. The molecule has 0 bridgehead atoms. The summed E-state index contributed by atoms with van der Waals surface area (Å²) in [6.07, 6.45) is 1.18. The molecule has 2 N–H and O–H groups in total. The van der Waals surface area contributed by atoms with Crippen molar-refractivity contribution in [2.75, 3.05) is 5.32 Å². The first-order valence-electron chi connectivity index (χ1n) is 4.95. The van der Waals surface area contributed by atoms with Crippen LogP contribution in [-0.2, 0) is 0 Å². The van der Waals surface area contributed by atoms with Gasteiger partial charge in [0.2, 0.25) is 0 Å². The number of anilines is 1. The lowest BCUT2D eigenvalue weighted by Crippen LogP contribution is -2.13. The van der Waals surface area contributed by atoms with Crippen molar-refractivity contribution < 1.29 is 9.90 Å². The van der Waals surface area contributed by atoms with Crippen LogP contribution in [0.25, 0.3) is 0 Å². The van der Waals surface area contributed by atoms with E-state index in [1.165, 1.54) is 18.5 Å². The van der Waals surface area contributed by atoms with Gasteiger partial charge in [0.1, 0.15) is 17.8 Å². The van der Waals surface area contributed by atoms with E-state index in [9.17, 15) is 9.90 Å². The number of nitrogens with zero attached hydrogens (tertiary/aromatic N) is 2. The summed E-state index contributed by atoms with van der Waals surface area (Å²) in [4.78, 5) is 19.5. The average molecular weight is 410 g/mol. The molecule has 1 heterocycles. The number of phenols is 1. The maximum atomic E-state index is 12.0. The number of rotatable bonds is 2. The smallest absolute Gasteiger partial charge is 0.259 e. The molecule has 2 rings (SSSR count). The minimum absolute atomic E-state index is 0.0264. The predicted octanol–water partition coefficient (Wildman–Crippen LogP) is 3.35. The number of halogens is 3. The van der Waals surface area contributed by atoms with E-state index < -0.39 is 5.91 Å². The maximum absolute atomic E-state index is 12.0. The molecule has 0 atom stereocenters. The van der Waals surface area contributed by atoms with Crippen LogP contribution in [0.2, 0.25) is 10.3 Å². The van der Waals surface area contributed by atoms with Crippen molar-refractivity contribution in [3.8, 4) is 5.75 Å². The van der Waals surface area contributed by atoms with Crippen molar-refractivity contribution >= 4 is 57.4 Å². The Morgan fingerprint density at radius 2 is 1.89 bits per heavy atom. The number of carbonyl (C=O) groups is 1. The van der Waals surface area contributed by atoms with Gasteiger partial charge in [0.25, 0.3) is 5.91 Å². The Hall–Kier alpha value is -1.12. The summed E-state index contributed by atoms with van der Waals surface area (Å²) in [7, 11) is 0. The largest absolute Gasteiger partial charge is 0.507 e. The van der Waals surface area contributed by atoms with E-state index in [1.807, 2.05) is 22.6 Å². The van der Waals surface area contributed by atoms with Gasteiger partial charge in [-0.15, -0.1) is 0 Å². The third-order valence-corrected chi connectivity index (χ3v) is 3.44. The second-order valence-electron chi connectivity index (χ2n) is 3.45. The zero-order valence-electron chi connectivity index (χ0n) is 9.19. The molecule has 0 saturated carbocycles. The molecule has 0 aliphatic rings. The van der Waals surface area contributed by atoms with Gasteiger partial charge in [-0.3, -0.25) is 4.79 Å². The topological polar surface area (TPSA) is 75.1 Å². The number of benzene rings is 1. The van der Waals surface area contributed by atoms with Gasteiger partial charge >= 0.3 is 0 Å². The molecule has 8 heteroatoms.